The van der Waals surface area contributed by atoms with Crippen LogP contribution in [0.3, 0.4) is 0 Å². The van der Waals surface area contributed by atoms with E-state index in [4.69, 9.17) is 0 Å². The van der Waals surface area contributed by atoms with Crippen LogP contribution in [0.15, 0.2) is 340 Å². The first kappa shape index (κ1) is 53.9. The summed E-state index contributed by atoms with van der Waals surface area (Å²) >= 11 is 0. The first-order chi connectivity index (χ1) is 47.7. The predicted octanol–water partition coefficient (Wildman–Crippen LogP) is 25.3. The number of rotatable bonds is 6. The Bertz CT molecular complexity index is 6760. The molecule has 0 aliphatic heterocycles. The number of nitrogens with zero attached hydrogens (tertiary/aromatic N) is 2. The molecule has 2 N–H and O–H groups in total. The average molecular weight is 1220 g/mol. The quantitative estimate of drug-likeness (QED) is 0.167. The van der Waals surface area contributed by atoms with Crippen molar-refractivity contribution in [3.8, 4) is 55.9 Å². The number of nitrogens with one attached hydrogen (secondary N) is 2. The first-order valence-electron chi connectivity index (χ1n) is 33.2. The molecule has 0 radical (unpaired) electrons. The van der Waals surface area contributed by atoms with Gasteiger partial charge < -0.3 is 19.1 Å². The number of hydrogen-bond donors (Lipinski definition) is 2. The Morgan fingerprint density at radius 3 is 0.958 bits per heavy atom. The van der Waals surface area contributed by atoms with Gasteiger partial charge in [0.2, 0.25) is 0 Å². The maximum atomic E-state index is 3.73. The molecule has 17 aromatic carbocycles. The maximum Gasteiger partial charge on any atom is 0.0619 e. The molecule has 0 amide bonds. The zero-order valence-corrected chi connectivity index (χ0v) is 52.2. The van der Waals surface area contributed by atoms with Gasteiger partial charge in [0.05, 0.1) is 22.1 Å². The molecule has 0 spiro atoms. The molecule has 0 fully saturated rings. The van der Waals surface area contributed by atoms with Gasteiger partial charge in [-0.1, -0.05) is 261 Å². The summed E-state index contributed by atoms with van der Waals surface area (Å²) in [4.78, 5) is 7.43. The predicted molar refractivity (Wildman–Crippen MR) is 410 cm³/mol. The molecule has 0 atom stereocenters. The first-order valence-corrected chi connectivity index (χ1v) is 33.2. The van der Waals surface area contributed by atoms with E-state index in [9.17, 15) is 0 Å². The molecule has 4 heterocycles. The van der Waals surface area contributed by atoms with E-state index >= 15 is 0 Å². The van der Waals surface area contributed by atoms with Crippen LogP contribution in [0.4, 0.5) is 0 Å². The van der Waals surface area contributed by atoms with Crippen molar-refractivity contribution in [1.82, 2.24) is 19.1 Å². The SMILES string of the molecule is c1ccc(-n2c3ccccc3c3cc(-c4ccc(-c5cc6[nH]c7ccccc7c6c6ccccc56)c5ccccc45)c4ccccc4c32)cc1.c1ccc(-n2c3ccccc3c3cc(-c4cccc(-c5cc6[nH]c7ccccc7c6c6ccccc56)c4)c4ccccc4c32)cc1. The van der Waals surface area contributed by atoms with E-state index < -0.39 is 0 Å². The van der Waals surface area contributed by atoms with Crippen molar-refractivity contribution in [2.75, 3.05) is 0 Å². The smallest absolute Gasteiger partial charge is 0.0619 e. The van der Waals surface area contributed by atoms with Crippen LogP contribution >= 0.6 is 0 Å². The van der Waals surface area contributed by atoms with Gasteiger partial charge in [-0.15, -0.1) is 0 Å². The molecule has 0 bridgehead atoms. The number of H-pyrrole nitrogens is 2. The minimum Gasteiger partial charge on any atom is -0.354 e. The molecular weight excluding hydrogens is 1160 g/mol. The van der Waals surface area contributed by atoms with Gasteiger partial charge in [0.15, 0.2) is 0 Å². The summed E-state index contributed by atoms with van der Waals surface area (Å²) in [7, 11) is 0. The van der Waals surface area contributed by atoms with Crippen LogP contribution in [0.5, 0.6) is 0 Å². The van der Waals surface area contributed by atoms with E-state index in [1.807, 2.05) is 0 Å². The fraction of sp³-hybridized carbons (Fsp3) is 0. The van der Waals surface area contributed by atoms with Crippen molar-refractivity contribution in [2.45, 2.75) is 0 Å². The van der Waals surface area contributed by atoms with Crippen LogP contribution in [0, 0.1) is 0 Å². The minimum atomic E-state index is 1.17. The van der Waals surface area contributed by atoms with Crippen LogP contribution in [0.1, 0.15) is 0 Å². The van der Waals surface area contributed by atoms with Crippen LogP contribution in [0.25, 0.3) is 197 Å². The van der Waals surface area contributed by atoms with Crippen molar-refractivity contribution in [3.05, 3.63) is 340 Å². The van der Waals surface area contributed by atoms with Crippen molar-refractivity contribution in [1.29, 1.82) is 0 Å². The van der Waals surface area contributed by atoms with Crippen molar-refractivity contribution < 1.29 is 0 Å². The zero-order chi connectivity index (χ0) is 63.0. The average Bonchev–Trinajstić information content (AvgIpc) is 1.53. The molecule has 21 rings (SSSR count). The van der Waals surface area contributed by atoms with Gasteiger partial charge in [-0.2, -0.15) is 0 Å². The normalized spacial score (nSPS) is 12.0. The second-order valence-electron chi connectivity index (χ2n) is 25.5. The van der Waals surface area contributed by atoms with Crippen molar-refractivity contribution in [2.24, 2.45) is 0 Å². The van der Waals surface area contributed by atoms with Gasteiger partial charge in [-0.05, 0) is 166 Å². The summed E-state index contributed by atoms with van der Waals surface area (Å²) in [5.41, 5.74) is 21.8. The summed E-state index contributed by atoms with van der Waals surface area (Å²) in [6.45, 7) is 0. The second-order valence-corrected chi connectivity index (χ2v) is 25.5. The van der Waals surface area contributed by atoms with Crippen LogP contribution in [-0.2, 0) is 0 Å². The molecule has 0 aliphatic rings. The fourth-order valence-electron chi connectivity index (χ4n) is 16.3. The molecule has 0 saturated carbocycles. The Morgan fingerprint density at radius 1 is 0.177 bits per heavy atom. The molecular formula is C92H58N4. The third-order valence-corrected chi connectivity index (χ3v) is 20.4. The molecule has 4 nitrogen and oxygen atoms in total. The number of fused-ring (bicyclic) bond motifs is 21. The summed E-state index contributed by atoms with van der Waals surface area (Å²) in [5, 5.41) is 22.8. The van der Waals surface area contributed by atoms with E-state index in [-0.39, 0.29) is 0 Å². The van der Waals surface area contributed by atoms with E-state index in [2.05, 4.69) is 359 Å². The highest BCUT2D eigenvalue weighted by atomic mass is 15.0. The fourth-order valence-corrected chi connectivity index (χ4v) is 16.3. The number of aromatic amines is 2. The topological polar surface area (TPSA) is 41.4 Å². The van der Waals surface area contributed by atoms with Crippen molar-refractivity contribution in [3.63, 3.8) is 0 Å². The van der Waals surface area contributed by atoms with Gasteiger partial charge in [0, 0.05) is 87.3 Å². The summed E-state index contributed by atoms with van der Waals surface area (Å²) < 4.78 is 4.86. The lowest BCUT2D eigenvalue weighted by molar-refractivity contribution is 1.19. The Morgan fingerprint density at radius 2 is 0.490 bits per heavy atom. The van der Waals surface area contributed by atoms with E-state index in [1.165, 1.54) is 197 Å². The van der Waals surface area contributed by atoms with Gasteiger partial charge >= 0.3 is 0 Å². The largest absolute Gasteiger partial charge is 0.354 e. The molecule has 4 heteroatoms. The standard InChI is InChI=1S/C48H30N2.C44H28N2/c1-2-14-30(15-3-1)50-46-25-13-11-20-37(46)43-28-41(34-19-7-9-22-39(34)48(43)50)35-26-27-36(32-17-5-4-16-31(32)35)42-29-45-47(38-21-8-6-18-33(38)42)40-23-10-12-24-44(40)49-45;1-2-15-30(16-3-1)46-42-24-11-9-19-33(42)39-26-37(32-18-5-7-21-35(32)44(39)46)28-13-12-14-29(25-28)38-27-41-43(34-20-6-4-17-31(34)38)36-22-8-10-23-40(36)45-41/h1-29,49H;1-27,45H. The van der Waals surface area contributed by atoms with Crippen LogP contribution in [0.2, 0.25) is 0 Å². The Kier molecular flexibility index (Phi) is 12.0. The second kappa shape index (κ2) is 21.4. The van der Waals surface area contributed by atoms with Crippen LogP contribution in [-0.4, -0.2) is 19.1 Å². The number of hydrogen-bond acceptors (Lipinski definition) is 0. The highest BCUT2D eigenvalue weighted by molar-refractivity contribution is 6.28. The maximum absolute atomic E-state index is 3.73. The molecule has 446 valence electrons. The lowest BCUT2D eigenvalue weighted by Crippen LogP contribution is -1.94. The number of para-hydroxylation sites is 6. The van der Waals surface area contributed by atoms with Gasteiger partial charge in [-0.25, -0.2) is 0 Å². The van der Waals surface area contributed by atoms with E-state index in [1.54, 1.807) is 0 Å². The summed E-state index contributed by atoms with van der Waals surface area (Å²) in [6.07, 6.45) is 0. The molecule has 0 unspecified atom stereocenters. The lowest BCUT2D eigenvalue weighted by atomic mass is 9.87. The summed E-state index contributed by atoms with van der Waals surface area (Å²) in [6, 6.07) is 124. The Hall–Kier alpha value is -12.8. The summed E-state index contributed by atoms with van der Waals surface area (Å²) in [5.74, 6) is 0. The highest BCUT2D eigenvalue weighted by Gasteiger charge is 2.23. The number of aromatic nitrogens is 4. The molecule has 4 aromatic heterocycles. The van der Waals surface area contributed by atoms with Gasteiger partial charge in [0.25, 0.3) is 0 Å². The molecule has 21 aromatic rings. The van der Waals surface area contributed by atoms with Crippen LogP contribution < -0.4 is 0 Å². The molecule has 96 heavy (non-hydrogen) atoms. The molecule has 0 aliphatic carbocycles. The minimum absolute atomic E-state index is 1.17. The number of benzene rings is 17. The highest BCUT2D eigenvalue weighted by Crippen LogP contribution is 2.48. The zero-order valence-electron chi connectivity index (χ0n) is 52.2. The van der Waals surface area contributed by atoms with Crippen molar-refractivity contribution >= 4 is 141 Å². The van der Waals surface area contributed by atoms with Gasteiger partial charge in [0.1, 0.15) is 0 Å². The third kappa shape index (κ3) is 8.16. The van der Waals surface area contributed by atoms with E-state index in [0.29, 0.717) is 0 Å². The third-order valence-electron chi connectivity index (χ3n) is 20.4. The molecule has 0 saturated heterocycles. The monoisotopic (exact) mass is 1220 g/mol. The Labute approximate surface area is 552 Å². The van der Waals surface area contributed by atoms with E-state index in [0.717, 1.165) is 0 Å². The lowest BCUT2D eigenvalue weighted by Gasteiger charge is -2.17. The van der Waals surface area contributed by atoms with Gasteiger partial charge in [-0.3, -0.25) is 0 Å². The Balaban J connectivity index is 0.000000132.